The van der Waals surface area contributed by atoms with Crippen LogP contribution in [0, 0.1) is 5.82 Å². The number of likely N-dealkylation sites (N-methyl/N-ethyl adjacent to an activating group) is 1. The quantitative estimate of drug-likeness (QED) is 0.877. The number of ether oxygens (including phenoxy) is 1. The third kappa shape index (κ3) is 4.94. The van der Waals surface area contributed by atoms with Gasteiger partial charge in [0.15, 0.2) is 11.6 Å². The van der Waals surface area contributed by atoms with Crippen molar-refractivity contribution in [3.8, 4) is 5.75 Å². The van der Waals surface area contributed by atoms with Gasteiger partial charge in [-0.05, 0) is 36.9 Å². The molecule has 1 amide bonds. The van der Waals surface area contributed by atoms with Crippen molar-refractivity contribution in [1.82, 2.24) is 4.90 Å². The minimum atomic E-state index is -0.418. The predicted molar refractivity (Wildman–Crippen MR) is 89.4 cm³/mol. The molecule has 0 saturated heterocycles. The summed E-state index contributed by atoms with van der Waals surface area (Å²) in [7, 11) is 3.21. The highest BCUT2D eigenvalue weighted by molar-refractivity contribution is 6.33. The number of benzene rings is 2. The summed E-state index contributed by atoms with van der Waals surface area (Å²) in [6.45, 7) is 0.607. The lowest BCUT2D eigenvalue weighted by atomic mass is 10.2. The lowest BCUT2D eigenvalue weighted by Gasteiger charge is -2.17. The van der Waals surface area contributed by atoms with Crippen LogP contribution in [0.2, 0.25) is 5.02 Å². The fourth-order valence-corrected chi connectivity index (χ4v) is 2.36. The molecule has 0 saturated carbocycles. The fourth-order valence-electron chi connectivity index (χ4n) is 2.17. The van der Waals surface area contributed by atoms with Crippen LogP contribution in [0.25, 0.3) is 0 Å². The normalized spacial score (nSPS) is 10.7. The highest BCUT2D eigenvalue weighted by Gasteiger charge is 2.10. The number of nitrogens with zero attached hydrogens (tertiary/aromatic N) is 1. The molecule has 0 spiro atoms. The van der Waals surface area contributed by atoms with Gasteiger partial charge in [0, 0.05) is 6.54 Å². The van der Waals surface area contributed by atoms with Crippen molar-refractivity contribution in [3.05, 3.63) is 58.9 Å². The zero-order valence-electron chi connectivity index (χ0n) is 13.0. The molecule has 23 heavy (non-hydrogen) atoms. The Morgan fingerprint density at radius 1 is 1.30 bits per heavy atom. The number of halogens is 2. The Bertz CT molecular complexity index is 694. The van der Waals surface area contributed by atoms with Crippen LogP contribution in [-0.4, -0.2) is 31.5 Å². The molecule has 0 atom stereocenters. The molecule has 0 aliphatic rings. The summed E-state index contributed by atoms with van der Waals surface area (Å²) in [5, 5.41) is 3.24. The lowest BCUT2D eigenvalue weighted by Crippen LogP contribution is -2.29. The number of nitrogens with one attached hydrogen (secondary N) is 1. The molecule has 4 nitrogen and oxygen atoms in total. The number of carbonyl (C=O) groups excluding carboxylic acids is 1. The third-order valence-corrected chi connectivity index (χ3v) is 3.56. The van der Waals surface area contributed by atoms with E-state index in [1.807, 2.05) is 0 Å². The van der Waals surface area contributed by atoms with Gasteiger partial charge in [-0.3, -0.25) is 9.69 Å². The van der Waals surface area contributed by atoms with E-state index in [1.54, 1.807) is 48.3 Å². The van der Waals surface area contributed by atoms with E-state index in [9.17, 15) is 9.18 Å². The van der Waals surface area contributed by atoms with E-state index in [4.69, 9.17) is 16.3 Å². The summed E-state index contributed by atoms with van der Waals surface area (Å²) in [6, 6.07) is 11.8. The molecule has 0 radical (unpaired) electrons. The highest BCUT2D eigenvalue weighted by atomic mass is 35.5. The van der Waals surface area contributed by atoms with Gasteiger partial charge in [-0.1, -0.05) is 29.8 Å². The van der Waals surface area contributed by atoms with Crippen LogP contribution in [-0.2, 0) is 11.3 Å². The van der Waals surface area contributed by atoms with Crippen LogP contribution >= 0.6 is 11.6 Å². The van der Waals surface area contributed by atoms with Gasteiger partial charge in [0.2, 0.25) is 5.91 Å². The minimum Gasteiger partial charge on any atom is -0.494 e. The Kier molecular flexibility index (Phi) is 5.96. The molecule has 6 heteroatoms. The van der Waals surface area contributed by atoms with E-state index in [-0.39, 0.29) is 18.2 Å². The summed E-state index contributed by atoms with van der Waals surface area (Å²) in [5.74, 6) is -0.402. The monoisotopic (exact) mass is 336 g/mol. The van der Waals surface area contributed by atoms with Crippen molar-refractivity contribution in [2.45, 2.75) is 6.54 Å². The number of carbonyl (C=O) groups is 1. The zero-order valence-corrected chi connectivity index (χ0v) is 13.7. The number of hydrogen-bond acceptors (Lipinski definition) is 3. The molecule has 2 rings (SSSR count). The van der Waals surface area contributed by atoms with Gasteiger partial charge in [0.05, 0.1) is 24.4 Å². The molecule has 0 aliphatic heterocycles. The summed E-state index contributed by atoms with van der Waals surface area (Å²) in [5.41, 5.74) is 1.33. The minimum absolute atomic E-state index is 0.166. The molecule has 0 unspecified atom stereocenters. The molecule has 0 aliphatic carbocycles. The number of para-hydroxylation sites is 1. The van der Waals surface area contributed by atoms with Crippen LogP contribution in [0.1, 0.15) is 5.56 Å². The second-order valence-electron chi connectivity index (χ2n) is 5.17. The van der Waals surface area contributed by atoms with E-state index in [0.29, 0.717) is 17.3 Å². The Balaban J connectivity index is 1.91. The highest BCUT2D eigenvalue weighted by Crippen LogP contribution is 2.21. The average Bonchev–Trinajstić information content (AvgIpc) is 2.49. The molecule has 0 aromatic heterocycles. The van der Waals surface area contributed by atoms with Crippen LogP contribution < -0.4 is 10.1 Å². The average molecular weight is 337 g/mol. The fraction of sp³-hybridized carbons (Fsp3) is 0.235. The van der Waals surface area contributed by atoms with Gasteiger partial charge in [-0.15, -0.1) is 0 Å². The maximum Gasteiger partial charge on any atom is 0.238 e. The van der Waals surface area contributed by atoms with Crippen LogP contribution in [0.3, 0.4) is 0 Å². The Labute approximate surface area is 139 Å². The second kappa shape index (κ2) is 7.94. The summed E-state index contributed by atoms with van der Waals surface area (Å²) in [4.78, 5) is 13.8. The topological polar surface area (TPSA) is 41.6 Å². The Hall–Kier alpha value is -2.11. The van der Waals surface area contributed by atoms with Crippen LogP contribution in [0.15, 0.2) is 42.5 Å². The number of hydrogen-bond donors (Lipinski definition) is 1. The maximum atomic E-state index is 13.7. The first-order valence-electron chi connectivity index (χ1n) is 7.05. The zero-order chi connectivity index (χ0) is 16.8. The van der Waals surface area contributed by atoms with Crippen molar-refractivity contribution in [1.29, 1.82) is 0 Å². The molecule has 1 N–H and O–H groups in total. The van der Waals surface area contributed by atoms with E-state index < -0.39 is 5.82 Å². The van der Waals surface area contributed by atoms with Crippen molar-refractivity contribution in [2.75, 3.05) is 26.0 Å². The van der Waals surface area contributed by atoms with Crippen LogP contribution in [0.5, 0.6) is 5.75 Å². The standard InChI is InChI=1S/C17H18ClFN2O2/c1-21(10-12-7-8-16(23-2)14(19)9-12)11-17(22)20-15-6-4-3-5-13(15)18/h3-9H,10-11H2,1-2H3,(H,20,22). The van der Waals surface area contributed by atoms with Crippen molar-refractivity contribution < 1.29 is 13.9 Å². The maximum absolute atomic E-state index is 13.7. The molecule has 0 heterocycles. The van der Waals surface area contributed by atoms with E-state index in [0.717, 1.165) is 5.56 Å². The van der Waals surface area contributed by atoms with Gasteiger partial charge in [-0.25, -0.2) is 4.39 Å². The number of rotatable bonds is 6. The second-order valence-corrected chi connectivity index (χ2v) is 5.58. The SMILES string of the molecule is COc1ccc(CN(C)CC(=O)Nc2ccccc2Cl)cc1F. The first kappa shape index (κ1) is 17.2. The summed E-state index contributed by atoms with van der Waals surface area (Å²) in [6.07, 6.45) is 0. The predicted octanol–water partition coefficient (Wildman–Crippen LogP) is 3.56. The molecule has 2 aromatic rings. The third-order valence-electron chi connectivity index (χ3n) is 3.23. The lowest BCUT2D eigenvalue weighted by molar-refractivity contribution is -0.117. The van der Waals surface area contributed by atoms with Crippen molar-refractivity contribution in [3.63, 3.8) is 0 Å². The van der Waals surface area contributed by atoms with E-state index in [2.05, 4.69) is 5.32 Å². The molecular formula is C17H18ClFN2O2. The number of anilines is 1. The first-order chi connectivity index (χ1) is 11.0. The van der Waals surface area contributed by atoms with E-state index >= 15 is 0 Å². The molecular weight excluding hydrogens is 319 g/mol. The van der Waals surface area contributed by atoms with Gasteiger partial charge >= 0.3 is 0 Å². The van der Waals surface area contributed by atoms with Gasteiger partial charge < -0.3 is 10.1 Å². The van der Waals surface area contributed by atoms with Crippen LogP contribution in [0.4, 0.5) is 10.1 Å². The number of methoxy groups -OCH3 is 1. The Morgan fingerprint density at radius 2 is 2.04 bits per heavy atom. The first-order valence-corrected chi connectivity index (χ1v) is 7.42. The molecule has 0 bridgehead atoms. The molecule has 0 fully saturated rings. The summed E-state index contributed by atoms with van der Waals surface area (Å²) >= 11 is 6.00. The Morgan fingerprint density at radius 3 is 2.70 bits per heavy atom. The summed E-state index contributed by atoms with van der Waals surface area (Å²) < 4.78 is 18.5. The smallest absolute Gasteiger partial charge is 0.238 e. The van der Waals surface area contributed by atoms with E-state index in [1.165, 1.54) is 13.2 Å². The van der Waals surface area contributed by atoms with Gasteiger partial charge in [-0.2, -0.15) is 0 Å². The van der Waals surface area contributed by atoms with Gasteiger partial charge in [0.25, 0.3) is 0 Å². The van der Waals surface area contributed by atoms with Crippen molar-refractivity contribution >= 4 is 23.2 Å². The van der Waals surface area contributed by atoms with Gasteiger partial charge in [0.1, 0.15) is 0 Å². The molecule has 122 valence electrons. The molecule has 2 aromatic carbocycles. The van der Waals surface area contributed by atoms with Crippen molar-refractivity contribution in [2.24, 2.45) is 0 Å². The number of amides is 1. The largest absolute Gasteiger partial charge is 0.494 e.